The highest BCUT2D eigenvalue weighted by atomic mass is 16.3. The topological polar surface area (TPSA) is 130 Å². The number of benzene rings is 2. The first kappa shape index (κ1) is 31.9. The molecule has 2 aliphatic heterocycles. The summed E-state index contributed by atoms with van der Waals surface area (Å²) in [5.41, 5.74) is 1.71. The number of piperidine rings is 2. The van der Waals surface area contributed by atoms with Crippen molar-refractivity contribution in [3.63, 3.8) is 0 Å². The van der Waals surface area contributed by atoms with Crippen molar-refractivity contribution in [3.05, 3.63) is 113 Å². The number of rotatable bonds is 8. The lowest BCUT2D eigenvalue weighted by Gasteiger charge is -2.43. The minimum Gasteiger partial charge on any atom is -0.388 e. The third-order valence-electron chi connectivity index (χ3n) is 9.62. The Labute approximate surface area is 273 Å². The Bertz CT molecular complexity index is 1840. The lowest BCUT2D eigenvalue weighted by Crippen LogP contribution is -2.53. The molecule has 47 heavy (non-hydrogen) atoms. The Morgan fingerprint density at radius 3 is 2.45 bits per heavy atom. The Morgan fingerprint density at radius 1 is 1.02 bits per heavy atom. The molecule has 2 saturated heterocycles. The Balaban J connectivity index is 1.12. The monoisotopic (exact) mass is 636 g/mol. The fraction of sp³-hybridized carbons (Fsp3) is 0.361. The van der Waals surface area contributed by atoms with Gasteiger partial charge in [0.2, 0.25) is 11.8 Å². The number of aryl methyl sites for hydroxylation is 1. The predicted molar refractivity (Wildman–Crippen MR) is 177 cm³/mol. The van der Waals surface area contributed by atoms with Gasteiger partial charge in [0.15, 0.2) is 0 Å². The highest BCUT2D eigenvalue weighted by Gasteiger charge is 2.41. The summed E-state index contributed by atoms with van der Waals surface area (Å²) in [6.07, 6.45) is 5.71. The van der Waals surface area contributed by atoms with Gasteiger partial charge >= 0.3 is 0 Å². The number of hydrogen-bond donors (Lipinski definition) is 2. The number of hydrogen-bond acceptors (Lipinski definition) is 6. The lowest BCUT2D eigenvalue weighted by atomic mass is 9.79. The van der Waals surface area contributed by atoms with E-state index in [1.807, 2.05) is 59.3 Å². The molecule has 0 spiro atoms. The van der Waals surface area contributed by atoms with E-state index in [2.05, 4.69) is 16.9 Å². The minimum atomic E-state index is -1.13. The molecule has 2 atom stereocenters. The van der Waals surface area contributed by atoms with Crippen LogP contribution in [0.15, 0.2) is 90.6 Å². The maximum atomic E-state index is 14.1. The summed E-state index contributed by atoms with van der Waals surface area (Å²) in [6.45, 7) is 5.53. The summed E-state index contributed by atoms with van der Waals surface area (Å²) in [5, 5.41) is 14.7. The number of carbonyl (C=O) groups excluding carboxylic acids is 3. The molecule has 0 radical (unpaired) electrons. The van der Waals surface area contributed by atoms with E-state index >= 15 is 0 Å². The molecule has 2 N–H and O–H groups in total. The normalized spacial score (nSPS) is 19.4. The van der Waals surface area contributed by atoms with Crippen LogP contribution in [-0.2, 0) is 29.7 Å². The number of aliphatic hydroxyl groups is 1. The first-order valence-corrected chi connectivity index (χ1v) is 16.0. The SMILES string of the molecule is C=CC(=O)NCc1ccc(C(=O)N2CC[C@@H](C(=O)N3CCC(O)(Cn4cnc5c(ccn5C)c4=O)CC3)[C@H](c3ccccc3)C2)cc1. The van der Waals surface area contributed by atoms with Crippen molar-refractivity contribution in [1.29, 1.82) is 0 Å². The summed E-state index contributed by atoms with van der Waals surface area (Å²) in [7, 11) is 1.83. The number of amides is 3. The van der Waals surface area contributed by atoms with Gasteiger partial charge < -0.3 is 24.8 Å². The first-order chi connectivity index (χ1) is 22.7. The van der Waals surface area contributed by atoms with Gasteiger partial charge in [-0.3, -0.25) is 23.7 Å². The molecule has 244 valence electrons. The third kappa shape index (κ3) is 6.76. The molecule has 11 heteroatoms. The van der Waals surface area contributed by atoms with Crippen LogP contribution in [0.3, 0.4) is 0 Å². The second-order valence-electron chi connectivity index (χ2n) is 12.7. The summed E-state index contributed by atoms with van der Waals surface area (Å²) in [6, 6.07) is 18.8. The van der Waals surface area contributed by atoms with E-state index in [1.165, 1.54) is 17.0 Å². The van der Waals surface area contributed by atoms with E-state index < -0.39 is 5.60 Å². The zero-order valence-electron chi connectivity index (χ0n) is 26.5. The highest BCUT2D eigenvalue weighted by molar-refractivity contribution is 5.94. The van der Waals surface area contributed by atoms with Crippen LogP contribution in [0.2, 0.25) is 0 Å². The van der Waals surface area contributed by atoms with Crippen LogP contribution in [0.5, 0.6) is 0 Å². The number of carbonyl (C=O) groups is 3. The molecule has 0 saturated carbocycles. The quantitative estimate of drug-likeness (QED) is 0.286. The summed E-state index contributed by atoms with van der Waals surface area (Å²) < 4.78 is 3.25. The second-order valence-corrected chi connectivity index (χ2v) is 12.7. The van der Waals surface area contributed by atoms with Crippen molar-refractivity contribution >= 4 is 28.8 Å². The molecule has 6 rings (SSSR count). The zero-order chi connectivity index (χ0) is 33.1. The number of nitrogens with zero attached hydrogens (tertiary/aromatic N) is 5. The van der Waals surface area contributed by atoms with Gasteiger partial charge in [0.1, 0.15) is 12.0 Å². The number of nitrogens with one attached hydrogen (secondary N) is 1. The van der Waals surface area contributed by atoms with Crippen molar-refractivity contribution < 1.29 is 19.5 Å². The van der Waals surface area contributed by atoms with E-state index in [1.54, 1.807) is 29.0 Å². The van der Waals surface area contributed by atoms with Crippen LogP contribution in [-0.4, -0.2) is 78.5 Å². The standard InChI is InChI=1S/C36H40N6O5/c1-3-31(43)37-21-25-9-11-27(12-10-25)33(44)41-18-14-28(30(22-41)26-7-5-4-6-8-26)34(45)40-19-15-36(47,16-20-40)23-42-24-38-32-29(35(42)46)13-17-39(32)2/h3-13,17,24,28,30,47H,1,14-16,18-23H2,2H3,(H,37,43)/t28-,30+/m1/s1. The van der Waals surface area contributed by atoms with Crippen molar-refractivity contribution in [2.45, 2.75) is 43.9 Å². The minimum absolute atomic E-state index is 0.0310. The van der Waals surface area contributed by atoms with E-state index in [4.69, 9.17) is 0 Å². The fourth-order valence-electron chi connectivity index (χ4n) is 6.83. The Morgan fingerprint density at radius 2 is 1.74 bits per heavy atom. The summed E-state index contributed by atoms with van der Waals surface area (Å²) in [4.78, 5) is 60.2. The lowest BCUT2D eigenvalue weighted by molar-refractivity contribution is -0.142. The average molecular weight is 637 g/mol. The Hall–Kier alpha value is -5.03. The van der Waals surface area contributed by atoms with Crippen LogP contribution in [0.4, 0.5) is 0 Å². The van der Waals surface area contributed by atoms with E-state index in [0.717, 1.165) is 11.1 Å². The van der Waals surface area contributed by atoms with Crippen molar-refractivity contribution in [3.8, 4) is 0 Å². The second kappa shape index (κ2) is 13.4. The average Bonchev–Trinajstić information content (AvgIpc) is 3.49. The molecule has 2 aliphatic rings. The van der Waals surface area contributed by atoms with Gasteiger partial charge in [0.05, 0.1) is 17.5 Å². The number of fused-ring (bicyclic) bond motifs is 1. The fourth-order valence-corrected chi connectivity index (χ4v) is 6.83. The van der Waals surface area contributed by atoms with Crippen LogP contribution in [0.1, 0.15) is 46.7 Å². The molecule has 0 unspecified atom stereocenters. The number of aromatic nitrogens is 3. The van der Waals surface area contributed by atoms with Crippen LogP contribution in [0.25, 0.3) is 11.0 Å². The van der Waals surface area contributed by atoms with Gasteiger partial charge in [-0.1, -0.05) is 49.0 Å². The van der Waals surface area contributed by atoms with Gasteiger partial charge in [0, 0.05) is 63.4 Å². The number of likely N-dealkylation sites (tertiary alicyclic amines) is 2. The Kier molecular flexibility index (Phi) is 9.08. The first-order valence-electron chi connectivity index (χ1n) is 16.0. The van der Waals surface area contributed by atoms with E-state index in [-0.39, 0.29) is 41.7 Å². The molecular formula is C36H40N6O5. The predicted octanol–water partition coefficient (Wildman–Crippen LogP) is 2.84. The van der Waals surface area contributed by atoms with E-state index in [0.29, 0.717) is 68.6 Å². The van der Waals surface area contributed by atoms with E-state index in [9.17, 15) is 24.3 Å². The van der Waals surface area contributed by atoms with Crippen molar-refractivity contribution in [2.75, 3.05) is 26.2 Å². The maximum Gasteiger partial charge on any atom is 0.262 e. The molecule has 2 aromatic carbocycles. The molecule has 0 bridgehead atoms. The summed E-state index contributed by atoms with van der Waals surface area (Å²) in [5.74, 6) is -0.817. The molecule has 3 amide bonds. The molecule has 11 nitrogen and oxygen atoms in total. The molecule has 2 aromatic heterocycles. The van der Waals surface area contributed by atoms with Crippen molar-refractivity contribution in [1.82, 2.24) is 29.2 Å². The maximum absolute atomic E-state index is 14.1. The zero-order valence-corrected chi connectivity index (χ0v) is 26.5. The van der Waals surface area contributed by atoms with Gasteiger partial charge in [-0.05, 0) is 54.7 Å². The molecule has 0 aliphatic carbocycles. The van der Waals surface area contributed by atoms with Crippen LogP contribution >= 0.6 is 0 Å². The molecule has 2 fully saturated rings. The van der Waals surface area contributed by atoms with Gasteiger partial charge in [-0.15, -0.1) is 0 Å². The van der Waals surface area contributed by atoms with Crippen molar-refractivity contribution in [2.24, 2.45) is 13.0 Å². The smallest absolute Gasteiger partial charge is 0.262 e. The third-order valence-corrected chi connectivity index (χ3v) is 9.62. The largest absolute Gasteiger partial charge is 0.388 e. The van der Waals surface area contributed by atoms with Gasteiger partial charge in [0.25, 0.3) is 11.5 Å². The molecule has 4 heterocycles. The van der Waals surface area contributed by atoms with Gasteiger partial charge in [-0.25, -0.2) is 4.98 Å². The van der Waals surface area contributed by atoms with Gasteiger partial charge in [-0.2, -0.15) is 0 Å². The summed E-state index contributed by atoms with van der Waals surface area (Å²) >= 11 is 0. The van der Waals surface area contributed by atoms with Crippen LogP contribution in [0, 0.1) is 5.92 Å². The highest BCUT2D eigenvalue weighted by Crippen LogP contribution is 2.36. The molecule has 4 aromatic rings. The van der Waals surface area contributed by atoms with Crippen LogP contribution < -0.4 is 10.9 Å². The molecular weight excluding hydrogens is 596 g/mol.